The third-order valence-electron chi connectivity index (χ3n) is 2.93. The topological polar surface area (TPSA) is 12.0 Å². The molecule has 1 heterocycles. The first-order valence-electron chi connectivity index (χ1n) is 5.67. The first-order chi connectivity index (χ1) is 8.16. The number of halogens is 1. The quantitative estimate of drug-likeness (QED) is 0.794. The Morgan fingerprint density at radius 1 is 1.24 bits per heavy atom. The van der Waals surface area contributed by atoms with Crippen LogP contribution in [0.4, 0.5) is 0 Å². The highest BCUT2D eigenvalue weighted by Gasteiger charge is 2.05. The number of aryl methyl sites for hydroxylation is 1. The fourth-order valence-electron chi connectivity index (χ4n) is 1.70. The third kappa shape index (κ3) is 3.53. The number of thiophene rings is 1. The minimum Gasteiger partial charge on any atom is -0.306 e. The standard InChI is InChI=1S/C14H16INS/c1-10-8-17-9-13(10)7-16-11(2)12-3-5-14(15)6-4-12/h3-6,8-9,11,16H,7H2,1-2H3. The van der Waals surface area contributed by atoms with E-state index in [1.807, 2.05) is 0 Å². The van der Waals surface area contributed by atoms with Gasteiger partial charge in [-0.2, -0.15) is 11.3 Å². The number of nitrogens with one attached hydrogen (secondary N) is 1. The van der Waals surface area contributed by atoms with Gasteiger partial charge in [0.2, 0.25) is 0 Å². The lowest BCUT2D eigenvalue weighted by atomic mass is 10.1. The molecule has 0 amide bonds. The molecule has 0 aliphatic heterocycles. The maximum absolute atomic E-state index is 3.57. The summed E-state index contributed by atoms with van der Waals surface area (Å²) in [6, 6.07) is 9.10. The molecule has 0 fully saturated rings. The summed E-state index contributed by atoms with van der Waals surface area (Å²) < 4.78 is 1.28. The molecule has 3 heteroatoms. The van der Waals surface area contributed by atoms with E-state index in [9.17, 15) is 0 Å². The van der Waals surface area contributed by atoms with Crippen molar-refractivity contribution in [2.75, 3.05) is 0 Å². The minimum atomic E-state index is 0.395. The molecule has 1 unspecified atom stereocenters. The molecule has 1 N–H and O–H groups in total. The molecule has 1 atom stereocenters. The second-order valence-electron chi connectivity index (χ2n) is 4.23. The van der Waals surface area contributed by atoms with Crippen LogP contribution >= 0.6 is 33.9 Å². The van der Waals surface area contributed by atoms with Crippen molar-refractivity contribution in [1.29, 1.82) is 0 Å². The summed E-state index contributed by atoms with van der Waals surface area (Å²) in [7, 11) is 0. The molecule has 0 bridgehead atoms. The van der Waals surface area contributed by atoms with Gasteiger partial charge in [0.05, 0.1) is 0 Å². The summed E-state index contributed by atoms with van der Waals surface area (Å²) in [6.45, 7) is 5.33. The van der Waals surface area contributed by atoms with Crippen LogP contribution in [0.1, 0.15) is 29.7 Å². The monoisotopic (exact) mass is 357 g/mol. The normalized spacial score (nSPS) is 12.6. The maximum Gasteiger partial charge on any atom is 0.0294 e. The van der Waals surface area contributed by atoms with E-state index < -0.39 is 0 Å². The van der Waals surface area contributed by atoms with Gasteiger partial charge in [-0.15, -0.1) is 0 Å². The lowest BCUT2D eigenvalue weighted by Crippen LogP contribution is -2.18. The Kier molecular flexibility index (Phi) is 4.59. The van der Waals surface area contributed by atoms with E-state index in [1.165, 1.54) is 20.3 Å². The molecular weight excluding hydrogens is 341 g/mol. The highest BCUT2D eigenvalue weighted by molar-refractivity contribution is 14.1. The number of rotatable bonds is 4. The molecule has 90 valence electrons. The van der Waals surface area contributed by atoms with E-state index in [0.717, 1.165) is 6.54 Å². The first kappa shape index (κ1) is 13.1. The van der Waals surface area contributed by atoms with Gasteiger partial charge in [-0.1, -0.05) is 12.1 Å². The van der Waals surface area contributed by atoms with Gasteiger partial charge in [0.1, 0.15) is 0 Å². The number of hydrogen-bond acceptors (Lipinski definition) is 2. The van der Waals surface area contributed by atoms with Crippen molar-refractivity contribution in [2.45, 2.75) is 26.4 Å². The predicted octanol–water partition coefficient (Wildman–Crippen LogP) is 4.51. The number of benzene rings is 1. The van der Waals surface area contributed by atoms with Gasteiger partial charge in [0, 0.05) is 16.2 Å². The van der Waals surface area contributed by atoms with E-state index in [4.69, 9.17) is 0 Å². The smallest absolute Gasteiger partial charge is 0.0294 e. The second kappa shape index (κ2) is 5.98. The Hall–Kier alpha value is -0.390. The summed E-state index contributed by atoms with van der Waals surface area (Å²) >= 11 is 4.11. The van der Waals surface area contributed by atoms with E-state index in [1.54, 1.807) is 11.3 Å². The van der Waals surface area contributed by atoms with E-state index in [-0.39, 0.29) is 0 Å². The van der Waals surface area contributed by atoms with E-state index in [0.29, 0.717) is 6.04 Å². The summed E-state index contributed by atoms with van der Waals surface area (Å²) in [5.74, 6) is 0. The van der Waals surface area contributed by atoms with Gasteiger partial charge in [-0.3, -0.25) is 0 Å². The highest BCUT2D eigenvalue weighted by Crippen LogP contribution is 2.17. The Bertz CT molecular complexity index is 475. The molecule has 1 aromatic carbocycles. The van der Waals surface area contributed by atoms with Crippen LogP contribution < -0.4 is 5.32 Å². The van der Waals surface area contributed by atoms with Crippen LogP contribution in [-0.2, 0) is 6.54 Å². The molecular formula is C14H16INS. The van der Waals surface area contributed by atoms with Gasteiger partial charge >= 0.3 is 0 Å². The lowest BCUT2D eigenvalue weighted by molar-refractivity contribution is 0.574. The van der Waals surface area contributed by atoms with E-state index >= 15 is 0 Å². The average Bonchev–Trinajstić information content (AvgIpc) is 2.73. The van der Waals surface area contributed by atoms with Gasteiger partial charge in [-0.05, 0) is 76.0 Å². The van der Waals surface area contributed by atoms with Gasteiger partial charge < -0.3 is 5.32 Å². The average molecular weight is 357 g/mol. The fraction of sp³-hybridized carbons (Fsp3) is 0.286. The van der Waals surface area contributed by atoms with Crippen LogP contribution in [0.25, 0.3) is 0 Å². The molecule has 0 saturated heterocycles. The van der Waals surface area contributed by atoms with Crippen molar-refractivity contribution < 1.29 is 0 Å². The van der Waals surface area contributed by atoms with Crippen molar-refractivity contribution in [3.8, 4) is 0 Å². The molecule has 17 heavy (non-hydrogen) atoms. The molecule has 0 aliphatic carbocycles. The molecule has 0 aliphatic rings. The van der Waals surface area contributed by atoms with Crippen LogP contribution in [0.2, 0.25) is 0 Å². The summed E-state index contributed by atoms with van der Waals surface area (Å²) in [5, 5.41) is 7.99. The second-order valence-corrected chi connectivity index (χ2v) is 6.22. The first-order valence-corrected chi connectivity index (χ1v) is 7.69. The zero-order valence-corrected chi connectivity index (χ0v) is 13.0. The zero-order valence-electron chi connectivity index (χ0n) is 10.0. The summed E-state index contributed by atoms with van der Waals surface area (Å²) in [4.78, 5) is 0. The molecule has 2 aromatic rings. The van der Waals surface area contributed by atoms with Gasteiger partial charge in [0.25, 0.3) is 0 Å². The van der Waals surface area contributed by atoms with E-state index in [2.05, 4.69) is 76.8 Å². The van der Waals surface area contributed by atoms with Crippen molar-refractivity contribution >= 4 is 33.9 Å². The Morgan fingerprint density at radius 2 is 1.94 bits per heavy atom. The minimum absolute atomic E-state index is 0.395. The van der Waals surface area contributed by atoms with Crippen molar-refractivity contribution in [3.63, 3.8) is 0 Å². The Balaban J connectivity index is 1.95. The largest absolute Gasteiger partial charge is 0.306 e. The molecule has 1 nitrogen and oxygen atoms in total. The predicted molar refractivity (Wildman–Crippen MR) is 83.5 cm³/mol. The number of hydrogen-bond donors (Lipinski definition) is 1. The molecule has 0 saturated carbocycles. The summed E-state index contributed by atoms with van der Waals surface area (Å²) in [5.41, 5.74) is 4.14. The van der Waals surface area contributed by atoms with Gasteiger partial charge in [-0.25, -0.2) is 0 Å². The highest BCUT2D eigenvalue weighted by atomic mass is 127. The van der Waals surface area contributed by atoms with Crippen molar-refractivity contribution in [3.05, 3.63) is 55.3 Å². The third-order valence-corrected chi connectivity index (χ3v) is 4.56. The van der Waals surface area contributed by atoms with Crippen LogP contribution in [0, 0.1) is 10.5 Å². The SMILES string of the molecule is Cc1cscc1CNC(C)c1ccc(I)cc1. The van der Waals surface area contributed by atoms with Crippen LogP contribution in [0.5, 0.6) is 0 Å². The molecule has 0 spiro atoms. The fourth-order valence-corrected chi connectivity index (χ4v) is 2.92. The van der Waals surface area contributed by atoms with Crippen LogP contribution in [-0.4, -0.2) is 0 Å². The van der Waals surface area contributed by atoms with Crippen LogP contribution in [0.3, 0.4) is 0 Å². The van der Waals surface area contributed by atoms with Crippen molar-refractivity contribution in [2.24, 2.45) is 0 Å². The Morgan fingerprint density at radius 3 is 2.53 bits per heavy atom. The Labute approximate surface area is 120 Å². The summed E-state index contributed by atoms with van der Waals surface area (Å²) in [6.07, 6.45) is 0. The van der Waals surface area contributed by atoms with Crippen LogP contribution in [0.15, 0.2) is 35.0 Å². The molecule has 1 aromatic heterocycles. The van der Waals surface area contributed by atoms with Crippen molar-refractivity contribution in [1.82, 2.24) is 5.32 Å². The molecule has 2 rings (SSSR count). The van der Waals surface area contributed by atoms with Gasteiger partial charge in [0.15, 0.2) is 0 Å². The lowest BCUT2D eigenvalue weighted by Gasteiger charge is -2.14. The molecule has 0 radical (unpaired) electrons. The maximum atomic E-state index is 3.57. The zero-order chi connectivity index (χ0) is 12.3.